The fourth-order valence-electron chi connectivity index (χ4n) is 2.77. The first-order chi connectivity index (χ1) is 11.8. The van der Waals surface area contributed by atoms with Crippen LogP contribution < -0.4 is 9.47 Å². The highest BCUT2D eigenvalue weighted by Gasteiger charge is 2.23. The summed E-state index contributed by atoms with van der Waals surface area (Å²) in [5, 5.41) is 4.72. The SMILES string of the molecule is COc1ccc([N+]2=Nc3cccc(-c4ccccc4)c3OC2)cc1. The average Bonchev–Trinajstić information content (AvgIpc) is 2.68. The minimum atomic E-state index is 0.378. The summed E-state index contributed by atoms with van der Waals surface area (Å²) in [4.78, 5) is 0. The van der Waals surface area contributed by atoms with Gasteiger partial charge >= 0.3 is 6.73 Å². The molecule has 0 amide bonds. The highest BCUT2D eigenvalue weighted by molar-refractivity contribution is 5.76. The number of rotatable bonds is 3. The van der Waals surface area contributed by atoms with Crippen LogP contribution in [0.3, 0.4) is 0 Å². The van der Waals surface area contributed by atoms with Gasteiger partial charge in [-0.15, -0.1) is 0 Å². The molecule has 4 heteroatoms. The number of azo groups is 2. The Labute approximate surface area is 140 Å². The Morgan fingerprint density at radius 1 is 0.917 bits per heavy atom. The number of benzene rings is 3. The van der Waals surface area contributed by atoms with Crippen molar-refractivity contribution in [1.82, 2.24) is 0 Å². The van der Waals surface area contributed by atoms with E-state index in [0.717, 1.165) is 34.0 Å². The maximum absolute atomic E-state index is 6.03. The molecule has 0 bridgehead atoms. The number of fused-ring (bicyclic) bond motifs is 1. The number of para-hydroxylation sites is 1. The number of methoxy groups -OCH3 is 1. The van der Waals surface area contributed by atoms with Crippen LogP contribution in [0.4, 0.5) is 11.4 Å². The molecule has 1 aliphatic heterocycles. The molecule has 0 aromatic heterocycles. The van der Waals surface area contributed by atoms with Crippen LogP contribution in [0.15, 0.2) is 77.9 Å². The predicted octanol–water partition coefficient (Wildman–Crippen LogP) is 5.14. The second kappa shape index (κ2) is 6.16. The lowest BCUT2D eigenvalue weighted by Crippen LogP contribution is -2.15. The van der Waals surface area contributed by atoms with Gasteiger partial charge in [0.1, 0.15) is 5.75 Å². The zero-order valence-corrected chi connectivity index (χ0v) is 13.3. The van der Waals surface area contributed by atoms with Crippen LogP contribution in [0, 0.1) is 0 Å². The summed E-state index contributed by atoms with van der Waals surface area (Å²) in [6.45, 7) is 0.378. The van der Waals surface area contributed by atoms with Crippen LogP contribution in [-0.4, -0.2) is 18.5 Å². The molecule has 3 aromatic rings. The van der Waals surface area contributed by atoms with Crippen LogP contribution in [0.2, 0.25) is 0 Å². The molecule has 0 aliphatic carbocycles. The Hall–Kier alpha value is -3.14. The van der Waals surface area contributed by atoms with E-state index in [2.05, 4.69) is 18.2 Å². The zero-order chi connectivity index (χ0) is 16.4. The molecule has 4 rings (SSSR count). The first-order valence-electron chi connectivity index (χ1n) is 7.79. The molecule has 118 valence electrons. The van der Waals surface area contributed by atoms with E-state index in [1.165, 1.54) is 0 Å². The average molecular weight is 317 g/mol. The molecule has 0 radical (unpaired) electrons. The summed E-state index contributed by atoms with van der Waals surface area (Å²) in [6, 6.07) is 24.0. The second-order valence-corrected chi connectivity index (χ2v) is 5.49. The molecule has 0 saturated carbocycles. The van der Waals surface area contributed by atoms with Gasteiger partial charge in [-0.2, -0.15) is 0 Å². The first kappa shape index (κ1) is 14.5. The van der Waals surface area contributed by atoms with E-state index >= 15 is 0 Å². The van der Waals surface area contributed by atoms with Crippen molar-refractivity contribution < 1.29 is 14.2 Å². The lowest BCUT2D eigenvalue weighted by atomic mass is 10.0. The Bertz CT molecular complexity index is 887. The van der Waals surface area contributed by atoms with Crippen LogP contribution in [0.5, 0.6) is 11.5 Å². The molecule has 0 fully saturated rings. The summed E-state index contributed by atoms with van der Waals surface area (Å²) in [7, 11) is 1.66. The highest BCUT2D eigenvalue weighted by atomic mass is 16.5. The van der Waals surface area contributed by atoms with E-state index in [9.17, 15) is 0 Å². The standard InChI is InChI=1S/C20H17N2O2/c1-23-17-12-10-16(11-13-17)22-14-24-20-18(8-5-9-19(20)21-22)15-6-3-2-4-7-15/h2-13H,14H2,1H3/q+1. The van der Waals surface area contributed by atoms with Crippen molar-refractivity contribution in [3.05, 3.63) is 72.8 Å². The van der Waals surface area contributed by atoms with Crippen LogP contribution in [0.1, 0.15) is 0 Å². The van der Waals surface area contributed by atoms with Crippen molar-refractivity contribution in [2.24, 2.45) is 5.11 Å². The van der Waals surface area contributed by atoms with Gasteiger partial charge in [0.25, 0.3) is 0 Å². The Morgan fingerprint density at radius 2 is 1.71 bits per heavy atom. The molecule has 24 heavy (non-hydrogen) atoms. The van der Waals surface area contributed by atoms with Crippen molar-refractivity contribution in [2.75, 3.05) is 13.8 Å². The van der Waals surface area contributed by atoms with Crippen molar-refractivity contribution in [1.29, 1.82) is 0 Å². The van der Waals surface area contributed by atoms with E-state index in [0.29, 0.717) is 6.73 Å². The Kier molecular flexibility index (Phi) is 3.71. The van der Waals surface area contributed by atoms with Gasteiger partial charge in [0.2, 0.25) is 5.69 Å². The molecule has 3 aromatic carbocycles. The molecule has 4 nitrogen and oxygen atoms in total. The number of ether oxygens (including phenoxy) is 2. The lowest BCUT2D eigenvalue weighted by Gasteiger charge is -2.15. The summed E-state index contributed by atoms with van der Waals surface area (Å²) in [6.07, 6.45) is 0. The summed E-state index contributed by atoms with van der Waals surface area (Å²) >= 11 is 0. The monoisotopic (exact) mass is 317 g/mol. The molecule has 1 aliphatic rings. The van der Waals surface area contributed by atoms with E-state index < -0.39 is 0 Å². The Balaban J connectivity index is 1.74. The molecule has 0 N–H and O–H groups in total. The van der Waals surface area contributed by atoms with Crippen LogP contribution >= 0.6 is 0 Å². The third kappa shape index (κ3) is 2.63. The molecule has 0 unspecified atom stereocenters. The van der Waals surface area contributed by atoms with Gasteiger partial charge in [-0.1, -0.05) is 42.5 Å². The fourth-order valence-corrected chi connectivity index (χ4v) is 2.77. The minimum Gasteiger partial charge on any atom is -0.497 e. The van der Waals surface area contributed by atoms with E-state index in [1.54, 1.807) is 7.11 Å². The smallest absolute Gasteiger partial charge is 0.317 e. The normalized spacial score (nSPS) is 12.8. The third-order valence-electron chi connectivity index (χ3n) is 4.01. The maximum atomic E-state index is 6.03. The molecular weight excluding hydrogens is 300 g/mol. The van der Waals surface area contributed by atoms with Gasteiger partial charge in [-0.05, 0) is 28.5 Å². The van der Waals surface area contributed by atoms with E-state index in [1.807, 2.05) is 59.3 Å². The van der Waals surface area contributed by atoms with E-state index in [4.69, 9.17) is 14.6 Å². The number of hydrogen-bond acceptors (Lipinski definition) is 3. The quantitative estimate of drug-likeness (QED) is 0.627. The van der Waals surface area contributed by atoms with Gasteiger partial charge in [0.15, 0.2) is 11.4 Å². The summed E-state index contributed by atoms with van der Waals surface area (Å²) in [5.74, 6) is 1.65. The van der Waals surface area contributed by atoms with Crippen molar-refractivity contribution in [2.45, 2.75) is 0 Å². The van der Waals surface area contributed by atoms with E-state index in [-0.39, 0.29) is 0 Å². The molecule has 1 heterocycles. The van der Waals surface area contributed by atoms with Crippen molar-refractivity contribution in [3.8, 4) is 22.6 Å². The maximum Gasteiger partial charge on any atom is 0.317 e. The topological polar surface area (TPSA) is 33.8 Å². The molecular formula is C20H17N2O2+. The summed E-state index contributed by atoms with van der Waals surface area (Å²) in [5.41, 5.74) is 3.98. The minimum absolute atomic E-state index is 0.378. The highest BCUT2D eigenvalue weighted by Crippen LogP contribution is 2.40. The third-order valence-corrected chi connectivity index (χ3v) is 4.01. The van der Waals surface area contributed by atoms with Crippen molar-refractivity contribution >= 4 is 11.4 Å². The number of nitrogens with zero attached hydrogens (tertiary/aromatic N) is 2. The molecule has 0 atom stereocenters. The number of hydrogen-bond donors (Lipinski definition) is 0. The van der Waals surface area contributed by atoms with Crippen molar-refractivity contribution in [3.63, 3.8) is 0 Å². The van der Waals surface area contributed by atoms with Gasteiger partial charge < -0.3 is 9.47 Å². The zero-order valence-electron chi connectivity index (χ0n) is 13.3. The molecule has 0 saturated heterocycles. The first-order valence-corrected chi connectivity index (χ1v) is 7.79. The fraction of sp³-hybridized carbons (Fsp3) is 0.100. The van der Waals surface area contributed by atoms with Gasteiger partial charge in [-0.25, -0.2) is 0 Å². The lowest BCUT2D eigenvalue weighted by molar-refractivity contribution is -0.544. The van der Waals surface area contributed by atoms with Crippen LogP contribution in [0.25, 0.3) is 11.1 Å². The predicted molar refractivity (Wildman–Crippen MR) is 92.4 cm³/mol. The second-order valence-electron chi connectivity index (χ2n) is 5.49. The van der Waals surface area contributed by atoms with Gasteiger partial charge in [0, 0.05) is 22.8 Å². The summed E-state index contributed by atoms with van der Waals surface area (Å²) < 4.78 is 13.1. The molecule has 0 spiro atoms. The van der Waals surface area contributed by atoms with Gasteiger partial charge in [0.05, 0.1) is 7.11 Å². The largest absolute Gasteiger partial charge is 0.497 e. The van der Waals surface area contributed by atoms with Crippen LogP contribution in [-0.2, 0) is 0 Å². The van der Waals surface area contributed by atoms with Gasteiger partial charge in [-0.3, -0.25) is 0 Å². The Morgan fingerprint density at radius 3 is 2.46 bits per heavy atom.